The van der Waals surface area contributed by atoms with E-state index in [9.17, 15) is 4.79 Å². The number of anilines is 1. The molecule has 0 fully saturated rings. The molecule has 0 radical (unpaired) electrons. The molecule has 0 aliphatic rings. The first-order chi connectivity index (χ1) is 11.2. The number of nitrogens with zero attached hydrogens (tertiary/aromatic N) is 1. The van der Waals surface area contributed by atoms with Gasteiger partial charge in [-0.2, -0.15) is 0 Å². The molecular weight excluding hydrogens is 292 g/mol. The Kier molecular flexibility index (Phi) is 10.1. The van der Waals surface area contributed by atoms with Gasteiger partial charge in [0.05, 0.1) is 18.8 Å². The third-order valence-corrected chi connectivity index (χ3v) is 3.44. The number of esters is 1. The lowest BCUT2D eigenvalue weighted by Crippen LogP contribution is -2.29. The number of nitrogen functional groups attached to an aromatic ring is 1. The number of hydrogen-bond donors (Lipinski definition) is 1. The van der Waals surface area contributed by atoms with Gasteiger partial charge in [0.2, 0.25) is 0 Å². The maximum Gasteiger partial charge on any atom is 0.338 e. The lowest BCUT2D eigenvalue weighted by Gasteiger charge is -2.20. The minimum Gasteiger partial charge on any atom is -0.462 e. The van der Waals surface area contributed by atoms with Crippen molar-refractivity contribution in [3.8, 4) is 0 Å². The Morgan fingerprint density at radius 2 is 1.65 bits per heavy atom. The number of rotatable bonds is 12. The van der Waals surface area contributed by atoms with Gasteiger partial charge in [-0.3, -0.25) is 0 Å². The van der Waals surface area contributed by atoms with E-state index < -0.39 is 0 Å². The van der Waals surface area contributed by atoms with E-state index in [1.54, 1.807) is 24.3 Å². The molecule has 0 atom stereocenters. The summed E-state index contributed by atoms with van der Waals surface area (Å²) in [5.41, 5.74) is 6.74. The summed E-state index contributed by atoms with van der Waals surface area (Å²) in [6.07, 6.45) is 3.05. The molecular formula is C18H30N2O3. The largest absolute Gasteiger partial charge is 0.462 e. The monoisotopic (exact) mass is 322 g/mol. The Hall–Kier alpha value is -1.59. The Labute approximate surface area is 139 Å². The van der Waals surface area contributed by atoms with Gasteiger partial charge in [-0.15, -0.1) is 0 Å². The number of benzene rings is 1. The molecule has 0 aliphatic heterocycles. The summed E-state index contributed by atoms with van der Waals surface area (Å²) in [6.45, 7) is 9.31. The minimum atomic E-state index is -0.318. The molecule has 2 N–H and O–H groups in total. The molecule has 0 saturated heterocycles. The minimum absolute atomic E-state index is 0.318. The van der Waals surface area contributed by atoms with Gasteiger partial charge in [0.25, 0.3) is 0 Å². The molecule has 23 heavy (non-hydrogen) atoms. The number of hydrogen-bond acceptors (Lipinski definition) is 5. The van der Waals surface area contributed by atoms with Crippen molar-refractivity contribution in [3.05, 3.63) is 29.8 Å². The third-order valence-electron chi connectivity index (χ3n) is 3.44. The Balaban J connectivity index is 2.06. The van der Waals surface area contributed by atoms with Gasteiger partial charge in [0.15, 0.2) is 0 Å². The molecule has 0 spiro atoms. The molecule has 5 nitrogen and oxygen atoms in total. The summed E-state index contributed by atoms with van der Waals surface area (Å²) in [5, 5.41) is 0. The van der Waals surface area contributed by atoms with Crippen molar-refractivity contribution in [2.75, 3.05) is 45.2 Å². The topological polar surface area (TPSA) is 64.8 Å². The fourth-order valence-corrected chi connectivity index (χ4v) is 2.29. The SMILES string of the molecule is CCCN(CCC)CCOCCCOC(=O)c1ccc(N)cc1. The van der Waals surface area contributed by atoms with Crippen molar-refractivity contribution in [1.29, 1.82) is 0 Å². The highest BCUT2D eigenvalue weighted by Crippen LogP contribution is 2.07. The van der Waals surface area contributed by atoms with Gasteiger partial charge < -0.3 is 20.1 Å². The third kappa shape index (κ3) is 8.57. The van der Waals surface area contributed by atoms with Crippen LogP contribution in [-0.4, -0.2) is 50.3 Å². The van der Waals surface area contributed by atoms with Crippen molar-refractivity contribution in [2.45, 2.75) is 33.1 Å². The molecule has 1 aromatic carbocycles. The van der Waals surface area contributed by atoms with Gasteiger partial charge >= 0.3 is 5.97 Å². The van der Waals surface area contributed by atoms with Gasteiger partial charge in [-0.1, -0.05) is 13.8 Å². The maximum absolute atomic E-state index is 11.8. The molecule has 5 heteroatoms. The van der Waals surface area contributed by atoms with E-state index in [1.807, 2.05) is 0 Å². The van der Waals surface area contributed by atoms with Crippen LogP contribution in [0.1, 0.15) is 43.5 Å². The summed E-state index contributed by atoms with van der Waals surface area (Å²) in [6, 6.07) is 6.73. The molecule has 0 bridgehead atoms. The molecule has 0 heterocycles. The quantitative estimate of drug-likeness (QED) is 0.364. The van der Waals surface area contributed by atoms with Crippen molar-refractivity contribution >= 4 is 11.7 Å². The summed E-state index contributed by atoms with van der Waals surface area (Å²) in [5.74, 6) is -0.318. The summed E-state index contributed by atoms with van der Waals surface area (Å²) >= 11 is 0. The summed E-state index contributed by atoms with van der Waals surface area (Å²) < 4.78 is 10.8. The first-order valence-electron chi connectivity index (χ1n) is 8.50. The Bertz CT molecular complexity index is 428. The van der Waals surface area contributed by atoms with Crippen LogP contribution in [-0.2, 0) is 9.47 Å². The van der Waals surface area contributed by atoms with Gasteiger partial charge in [-0.05, 0) is 50.2 Å². The van der Waals surface area contributed by atoms with Crippen LogP contribution in [0.5, 0.6) is 0 Å². The first kappa shape index (κ1) is 19.5. The second-order valence-corrected chi connectivity index (χ2v) is 5.57. The highest BCUT2D eigenvalue weighted by Gasteiger charge is 2.06. The Morgan fingerprint density at radius 1 is 1.00 bits per heavy atom. The lowest BCUT2D eigenvalue weighted by atomic mass is 10.2. The van der Waals surface area contributed by atoms with Crippen molar-refractivity contribution in [2.24, 2.45) is 0 Å². The number of ether oxygens (including phenoxy) is 2. The van der Waals surface area contributed by atoms with Crippen LogP contribution in [0.25, 0.3) is 0 Å². The number of carbonyl (C=O) groups excluding carboxylic acids is 1. The second-order valence-electron chi connectivity index (χ2n) is 5.57. The average molecular weight is 322 g/mol. The number of carbonyl (C=O) groups is 1. The molecule has 1 aromatic rings. The van der Waals surface area contributed by atoms with E-state index in [1.165, 1.54) is 12.8 Å². The van der Waals surface area contributed by atoms with Crippen LogP contribution in [0.3, 0.4) is 0 Å². The average Bonchev–Trinajstić information content (AvgIpc) is 2.54. The second kappa shape index (κ2) is 11.9. The van der Waals surface area contributed by atoms with E-state index in [2.05, 4.69) is 18.7 Å². The van der Waals surface area contributed by atoms with E-state index in [0.717, 1.165) is 26.2 Å². The molecule has 0 amide bonds. The zero-order valence-corrected chi connectivity index (χ0v) is 14.4. The number of nitrogens with two attached hydrogens (primary N) is 1. The van der Waals surface area contributed by atoms with E-state index in [4.69, 9.17) is 15.2 Å². The van der Waals surface area contributed by atoms with Gasteiger partial charge in [0, 0.05) is 25.3 Å². The van der Waals surface area contributed by atoms with Crippen molar-refractivity contribution in [1.82, 2.24) is 4.90 Å². The molecule has 1 rings (SSSR count). The van der Waals surface area contributed by atoms with Crippen LogP contribution in [0.4, 0.5) is 5.69 Å². The highest BCUT2D eigenvalue weighted by atomic mass is 16.5. The molecule has 0 aromatic heterocycles. The van der Waals surface area contributed by atoms with Crippen LogP contribution >= 0.6 is 0 Å². The zero-order valence-electron chi connectivity index (χ0n) is 14.4. The van der Waals surface area contributed by atoms with Crippen LogP contribution in [0.15, 0.2) is 24.3 Å². The zero-order chi connectivity index (χ0) is 16.9. The predicted molar refractivity (Wildman–Crippen MR) is 93.6 cm³/mol. The van der Waals surface area contributed by atoms with E-state index in [-0.39, 0.29) is 5.97 Å². The van der Waals surface area contributed by atoms with Crippen molar-refractivity contribution < 1.29 is 14.3 Å². The normalized spacial score (nSPS) is 10.9. The predicted octanol–water partition coefficient (Wildman–Crippen LogP) is 2.95. The fraction of sp³-hybridized carbons (Fsp3) is 0.611. The first-order valence-corrected chi connectivity index (χ1v) is 8.50. The van der Waals surface area contributed by atoms with E-state index in [0.29, 0.717) is 30.9 Å². The standard InChI is InChI=1S/C18H30N2O3/c1-3-10-20(11-4-2)12-15-22-13-5-14-23-18(21)16-6-8-17(19)9-7-16/h6-9H,3-5,10-15,19H2,1-2H3. The smallest absolute Gasteiger partial charge is 0.338 e. The fourth-order valence-electron chi connectivity index (χ4n) is 2.29. The van der Waals surface area contributed by atoms with E-state index >= 15 is 0 Å². The molecule has 0 aliphatic carbocycles. The Morgan fingerprint density at radius 3 is 2.26 bits per heavy atom. The van der Waals surface area contributed by atoms with Gasteiger partial charge in [0.1, 0.15) is 0 Å². The summed E-state index contributed by atoms with van der Waals surface area (Å²) in [7, 11) is 0. The molecule has 130 valence electrons. The molecule has 0 saturated carbocycles. The maximum atomic E-state index is 11.8. The lowest BCUT2D eigenvalue weighted by molar-refractivity contribution is 0.0430. The van der Waals surface area contributed by atoms with Crippen LogP contribution < -0.4 is 5.73 Å². The molecule has 0 unspecified atom stereocenters. The highest BCUT2D eigenvalue weighted by molar-refractivity contribution is 5.89. The van der Waals surface area contributed by atoms with Crippen LogP contribution in [0, 0.1) is 0 Å². The van der Waals surface area contributed by atoms with Crippen LogP contribution in [0.2, 0.25) is 0 Å². The summed E-state index contributed by atoms with van der Waals surface area (Å²) in [4.78, 5) is 14.2. The van der Waals surface area contributed by atoms with Crippen molar-refractivity contribution in [3.63, 3.8) is 0 Å². The van der Waals surface area contributed by atoms with Gasteiger partial charge in [-0.25, -0.2) is 4.79 Å².